The van der Waals surface area contributed by atoms with Crippen LogP contribution in [0.15, 0.2) is 76.9 Å². The lowest BCUT2D eigenvalue weighted by molar-refractivity contribution is 1.07. The Hall–Kier alpha value is -3.24. The maximum absolute atomic E-state index is 2.90. The molecule has 1 aliphatic rings. The van der Waals surface area contributed by atoms with Crippen molar-refractivity contribution in [2.45, 2.75) is 54.0 Å². The van der Waals surface area contributed by atoms with E-state index in [1.807, 2.05) is 0 Å². The molecule has 0 aromatic heterocycles. The fourth-order valence-electron chi connectivity index (χ4n) is 7.42. The van der Waals surface area contributed by atoms with Gasteiger partial charge in [0.1, 0.15) is 0 Å². The van der Waals surface area contributed by atoms with Gasteiger partial charge in [0.25, 0.3) is 0 Å². The van der Waals surface area contributed by atoms with Crippen LogP contribution in [0, 0.1) is 20.8 Å². The van der Waals surface area contributed by atoms with Gasteiger partial charge in [-0.2, -0.15) is 0 Å². The smallest absolute Gasteiger partial charge is 0.168 e. The van der Waals surface area contributed by atoms with Crippen LogP contribution in [-0.2, 0) is 0 Å². The van der Waals surface area contributed by atoms with Crippen LogP contribution >= 0.6 is 0 Å². The Bertz CT molecular complexity index is 1340. The maximum atomic E-state index is 2.41. The zero-order chi connectivity index (χ0) is 29.7. The molecule has 0 heterocycles. The molecular weight excluding hydrogens is 503 g/mol. The number of benzene rings is 3. The molecule has 3 aromatic carbocycles. The largest absolute Gasteiger partial charge is 0.378 e. The van der Waals surface area contributed by atoms with E-state index in [4.69, 9.17) is 0 Å². The van der Waals surface area contributed by atoms with E-state index in [0.717, 1.165) is 0 Å². The summed E-state index contributed by atoms with van der Waals surface area (Å²) in [6.45, 7) is 16.5. The number of hydrogen-bond acceptors (Lipinski definition) is 3. The predicted molar refractivity (Wildman–Crippen MR) is 182 cm³/mol. The van der Waals surface area contributed by atoms with Gasteiger partial charge in [-0.3, -0.25) is 0 Å². The van der Waals surface area contributed by atoms with Crippen molar-refractivity contribution in [1.82, 2.24) is 0 Å². The quantitative estimate of drug-likeness (QED) is 0.251. The van der Waals surface area contributed by atoms with Gasteiger partial charge >= 0.3 is 0 Å². The van der Waals surface area contributed by atoms with E-state index in [2.05, 4.69) is 160 Å². The summed E-state index contributed by atoms with van der Waals surface area (Å²) in [5.41, 5.74) is 14.4. The van der Waals surface area contributed by atoms with Crippen molar-refractivity contribution >= 4 is 40.7 Å². The summed E-state index contributed by atoms with van der Waals surface area (Å²) in [6, 6.07) is 20.8. The third-order valence-electron chi connectivity index (χ3n) is 9.43. The van der Waals surface area contributed by atoms with Crippen LogP contribution in [0.4, 0.5) is 17.1 Å². The van der Waals surface area contributed by atoms with Gasteiger partial charge in [-0.1, -0.05) is 47.5 Å². The summed E-state index contributed by atoms with van der Waals surface area (Å²) in [6.07, 6.45) is 0. The Kier molecular flexibility index (Phi) is 8.15. The molecule has 40 heavy (non-hydrogen) atoms. The molecule has 3 aromatic rings. The fourth-order valence-corrected chi connectivity index (χ4v) is 15.0. The lowest BCUT2D eigenvalue weighted by Gasteiger charge is -2.47. The van der Waals surface area contributed by atoms with Gasteiger partial charge in [0, 0.05) is 64.9 Å². The minimum absolute atomic E-state index is 0.298. The Morgan fingerprint density at radius 2 is 0.725 bits per heavy atom. The van der Waals surface area contributed by atoms with E-state index < -0.39 is 8.07 Å². The number of aryl methyl sites for hydroxylation is 3. The number of rotatable bonds is 7. The van der Waals surface area contributed by atoms with Crippen LogP contribution in [0.1, 0.15) is 44.4 Å². The molecule has 0 bridgehead atoms. The van der Waals surface area contributed by atoms with E-state index in [1.54, 1.807) is 0 Å². The van der Waals surface area contributed by atoms with Crippen molar-refractivity contribution in [3.8, 4) is 0 Å². The number of nitrogens with zero attached hydrogens (tertiary/aromatic N) is 3. The van der Waals surface area contributed by atoms with Crippen molar-refractivity contribution in [3.05, 3.63) is 93.6 Å². The predicted octanol–water partition coefficient (Wildman–Crippen LogP) is 6.34. The first-order chi connectivity index (χ1) is 18.8. The van der Waals surface area contributed by atoms with Crippen LogP contribution in [-0.4, -0.2) is 50.4 Å². The first kappa shape index (κ1) is 29.7. The third kappa shape index (κ3) is 4.41. The molecule has 0 spiro atoms. The van der Waals surface area contributed by atoms with Crippen LogP contribution in [0.25, 0.3) is 0 Å². The molecule has 4 rings (SSSR count). The van der Waals surface area contributed by atoms with Crippen LogP contribution < -0.4 is 30.3 Å². The molecule has 0 N–H and O–H groups in total. The minimum atomic E-state index is -2.90. The molecular formula is C36H49N3Si. The standard InChI is InChI=1S/C36H49N3Si/c1-23-17-14-20-30(37(8)9)33(23)40(36-28(6)26(4)27(5)29(36)7,34-24(2)18-15-21-31(34)38(10)11)35-25(3)19-16-22-32(35)39(12)13/h14-22,36H,1-13H3. The molecule has 0 saturated heterocycles. The summed E-state index contributed by atoms with van der Waals surface area (Å²) in [5, 5.41) is 4.59. The molecule has 212 valence electrons. The number of anilines is 3. The van der Waals surface area contributed by atoms with Crippen molar-refractivity contribution in [2.75, 3.05) is 57.0 Å². The molecule has 0 fully saturated rings. The number of allylic oxidation sites excluding steroid dienone is 4. The van der Waals surface area contributed by atoms with Crippen LogP contribution in [0.2, 0.25) is 5.54 Å². The van der Waals surface area contributed by atoms with E-state index in [9.17, 15) is 0 Å². The lowest BCUT2D eigenvalue weighted by Crippen LogP contribution is -2.73. The summed E-state index contributed by atoms with van der Waals surface area (Å²) >= 11 is 0. The third-order valence-corrected chi connectivity index (χ3v) is 15.5. The average Bonchev–Trinajstić information content (AvgIpc) is 3.08. The first-order valence-corrected chi connectivity index (χ1v) is 16.5. The van der Waals surface area contributed by atoms with Gasteiger partial charge in [-0.15, -0.1) is 0 Å². The Balaban J connectivity index is 2.48. The Labute approximate surface area is 244 Å². The van der Waals surface area contributed by atoms with Crippen molar-refractivity contribution in [1.29, 1.82) is 0 Å². The van der Waals surface area contributed by atoms with Gasteiger partial charge < -0.3 is 14.7 Å². The lowest BCUT2D eigenvalue weighted by atomic mass is 10.1. The van der Waals surface area contributed by atoms with Gasteiger partial charge in [0.05, 0.1) is 0 Å². The maximum Gasteiger partial charge on any atom is 0.168 e. The summed E-state index contributed by atoms with van der Waals surface area (Å²) < 4.78 is 0. The average molecular weight is 552 g/mol. The SMILES string of the molecule is CC1=C(C)C([Si](c2c(C)cccc2N(C)C)(c2c(C)cccc2N(C)C)c2c(C)cccc2N(C)C)C(C)=C1C. The van der Waals surface area contributed by atoms with Gasteiger partial charge in [0.2, 0.25) is 0 Å². The van der Waals surface area contributed by atoms with E-state index in [-0.39, 0.29) is 0 Å². The molecule has 3 nitrogen and oxygen atoms in total. The Morgan fingerprint density at radius 3 is 0.975 bits per heavy atom. The highest BCUT2D eigenvalue weighted by Crippen LogP contribution is 2.49. The highest BCUT2D eigenvalue weighted by atomic mass is 28.3. The normalized spacial score (nSPS) is 14.3. The van der Waals surface area contributed by atoms with Crippen LogP contribution in [0.3, 0.4) is 0 Å². The second kappa shape index (κ2) is 11.0. The fraction of sp³-hybridized carbons (Fsp3) is 0.389. The van der Waals surface area contributed by atoms with E-state index >= 15 is 0 Å². The summed E-state index contributed by atoms with van der Waals surface area (Å²) in [5.74, 6) is 0. The summed E-state index contributed by atoms with van der Waals surface area (Å²) in [4.78, 5) is 7.04. The molecule has 0 amide bonds. The van der Waals surface area contributed by atoms with E-state index in [0.29, 0.717) is 5.54 Å². The molecule has 4 heteroatoms. The molecule has 1 aliphatic carbocycles. The van der Waals surface area contributed by atoms with Crippen molar-refractivity contribution in [3.63, 3.8) is 0 Å². The Morgan fingerprint density at radius 1 is 0.450 bits per heavy atom. The van der Waals surface area contributed by atoms with Crippen LogP contribution in [0.5, 0.6) is 0 Å². The number of hydrogen-bond donors (Lipinski definition) is 0. The van der Waals surface area contributed by atoms with E-state index in [1.165, 1.54) is 71.6 Å². The molecule has 0 saturated carbocycles. The molecule has 0 atom stereocenters. The molecule has 0 radical (unpaired) electrons. The molecule has 0 aliphatic heterocycles. The monoisotopic (exact) mass is 551 g/mol. The highest BCUT2D eigenvalue weighted by molar-refractivity contribution is 7.15. The van der Waals surface area contributed by atoms with Gasteiger partial charge in [-0.05, 0) is 110 Å². The van der Waals surface area contributed by atoms with Gasteiger partial charge in [0.15, 0.2) is 8.07 Å². The molecule has 0 unspecified atom stereocenters. The van der Waals surface area contributed by atoms with Gasteiger partial charge in [-0.25, -0.2) is 0 Å². The first-order valence-electron chi connectivity index (χ1n) is 14.5. The second-order valence-corrected chi connectivity index (χ2v) is 16.1. The summed E-state index contributed by atoms with van der Waals surface area (Å²) in [7, 11) is 10.4. The van der Waals surface area contributed by atoms with Crippen molar-refractivity contribution < 1.29 is 0 Å². The second-order valence-electron chi connectivity index (χ2n) is 12.4. The zero-order valence-corrected chi connectivity index (χ0v) is 28.1. The highest BCUT2D eigenvalue weighted by Gasteiger charge is 2.55. The topological polar surface area (TPSA) is 9.72 Å². The minimum Gasteiger partial charge on any atom is -0.378 e. The van der Waals surface area contributed by atoms with Crippen molar-refractivity contribution in [2.24, 2.45) is 0 Å². The zero-order valence-electron chi connectivity index (χ0n) is 27.1.